The maximum atomic E-state index is 12.5. The molecule has 9 heteroatoms. The summed E-state index contributed by atoms with van der Waals surface area (Å²) in [5.74, 6) is -2.65. The van der Waals surface area contributed by atoms with E-state index in [0.29, 0.717) is 6.42 Å². The lowest BCUT2D eigenvalue weighted by molar-refractivity contribution is -0.173. The third kappa shape index (κ3) is 5.43. The highest BCUT2D eigenvalue weighted by Gasteiger charge is 2.48. The summed E-state index contributed by atoms with van der Waals surface area (Å²) in [6.07, 6.45) is 1.82. The van der Waals surface area contributed by atoms with E-state index < -0.39 is 50.9 Å². The summed E-state index contributed by atoms with van der Waals surface area (Å²) in [7, 11) is -3.67. The highest BCUT2D eigenvalue weighted by atomic mass is 32.2. The van der Waals surface area contributed by atoms with E-state index in [4.69, 9.17) is 9.47 Å². The molecule has 0 aromatic carbocycles. The van der Waals surface area contributed by atoms with Crippen molar-refractivity contribution >= 4 is 27.9 Å². The topological polar surface area (TPSA) is 116 Å². The van der Waals surface area contributed by atoms with Crippen molar-refractivity contribution in [3.63, 3.8) is 0 Å². The molecule has 2 heterocycles. The fourth-order valence-electron chi connectivity index (χ4n) is 3.61. The highest BCUT2D eigenvalue weighted by molar-refractivity contribution is 7.89. The lowest BCUT2D eigenvalue weighted by Crippen LogP contribution is -2.43. The molecule has 2 saturated heterocycles. The van der Waals surface area contributed by atoms with Gasteiger partial charge in [0, 0.05) is 18.8 Å². The Labute approximate surface area is 160 Å². The first-order valence-electron chi connectivity index (χ1n) is 9.20. The minimum atomic E-state index is -3.67. The minimum Gasteiger partial charge on any atom is -0.462 e. The van der Waals surface area contributed by atoms with E-state index in [1.165, 1.54) is 0 Å². The molecule has 0 aromatic rings. The number of hydrogen-bond donors (Lipinski definition) is 1. The first-order valence-corrected chi connectivity index (χ1v) is 11.1. The predicted octanol–water partition coefficient (Wildman–Crippen LogP) is 1.53. The van der Waals surface area contributed by atoms with E-state index in [1.807, 2.05) is 25.5 Å². The second-order valence-corrected chi connectivity index (χ2v) is 10.4. The van der Waals surface area contributed by atoms with Crippen molar-refractivity contribution in [2.75, 3.05) is 6.26 Å². The van der Waals surface area contributed by atoms with Crippen LogP contribution in [0.4, 0.5) is 0 Å². The smallest absolute Gasteiger partial charge is 0.312 e. The van der Waals surface area contributed by atoms with Gasteiger partial charge in [0.05, 0.1) is 17.6 Å². The standard InChI is InChI=1S/C18H29NO7S/c1-6-17(2,3)16(22)26-18(4)9-12-7-11(14(20)19-27(5,23)24)8-13(10-18)25-15(12)21/h11-13H,6-10H2,1-5H3,(H,19,20). The molecular formula is C18H29NO7S. The minimum absolute atomic E-state index is 0.168. The molecule has 27 heavy (non-hydrogen) atoms. The molecule has 1 amide bonds. The summed E-state index contributed by atoms with van der Waals surface area (Å²) in [6, 6.07) is 0. The number of sulfonamides is 1. The van der Waals surface area contributed by atoms with Gasteiger partial charge in [-0.3, -0.25) is 19.1 Å². The Kier molecular flexibility index (Phi) is 5.94. The quantitative estimate of drug-likeness (QED) is 0.692. The van der Waals surface area contributed by atoms with E-state index >= 15 is 0 Å². The lowest BCUT2D eigenvalue weighted by atomic mass is 9.78. The SMILES string of the molecule is CCC(C)(C)C(=O)OC1(C)CC2CC(C(=O)NS(C)(=O)=O)CC(C1)C(=O)O2. The van der Waals surface area contributed by atoms with Crippen LogP contribution in [-0.4, -0.2) is 44.2 Å². The van der Waals surface area contributed by atoms with Gasteiger partial charge in [0.15, 0.2) is 0 Å². The predicted molar refractivity (Wildman–Crippen MR) is 96.9 cm³/mol. The van der Waals surface area contributed by atoms with Crippen molar-refractivity contribution in [2.45, 2.75) is 71.5 Å². The first kappa shape index (κ1) is 21.7. The van der Waals surface area contributed by atoms with Crippen LogP contribution in [-0.2, 0) is 33.9 Å². The van der Waals surface area contributed by atoms with Crippen LogP contribution in [0.2, 0.25) is 0 Å². The van der Waals surface area contributed by atoms with Crippen molar-refractivity contribution < 1.29 is 32.3 Å². The number of fused-ring (bicyclic) bond motifs is 3. The van der Waals surface area contributed by atoms with Gasteiger partial charge in [0.2, 0.25) is 15.9 Å². The molecule has 2 aliphatic heterocycles. The van der Waals surface area contributed by atoms with Gasteiger partial charge in [-0.1, -0.05) is 6.92 Å². The van der Waals surface area contributed by atoms with Crippen molar-refractivity contribution in [3.8, 4) is 0 Å². The molecule has 4 atom stereocenters. The summed E-state index contributed by atoms with van der Waals surface area (Å²) < 4.78 is 35.9. The van der Waals surface area contributed by atoms with E-state index in [2.05, 4.69) is 0 Å². The molecule has 4 unspecified atom stereocenters. The molecule has 0 aromatic heterocycles. The summed E-state index contributed by atoms with van der Waals surface area (Å²) >= 11 is 0. The number of nitrogens with one attached hydrogen (secondary N) is 1. The van der Waals surface area contributed by atoms with E-state index in [-0.39, 0.29) is 31.7 Å². The maximum absolute atomic E-state index is 12.5. The Morgan fingerprint density at radius 2 is 1.93 bits per heavy atom. The Bertz CT molecular complexity index is 730. The van der Waals surface area contributed by atoms with E-state index in [9.17, 15) is 22.8 Å². The van der Waals surface area contributed by atoms with E-state index in [0.717, 1.165) is 6.26 Å². The third-order valence-electron chi connectivity index (χ3n) is 5.50. The second-order valence-electron chi connectivity index (χ2n) is 8.65. The van der Waals surface area contributed by atoms with Crippen LogP contribution in [0.3, 0.4) is 0 Å². The van der Waals surface area contributed by atoms with Gasteiger partial charge in [0.1, 0.15) is 11.7 Å². The average Bonchev–Trinajstić information content (AvgIpc) is 2.70. The van der Waals surface area contributed by atoms with Crippen LogP contribution < -0.4 is 4.72 Å². The number of carbonyl (C=O) groups excluding carboxylic acids is 3. The molecule has 2 fully saturated rings. The van der Waals surface area contributed by atoms with Crippen LogP contribution in [0.1, 0.15) is 59.8 Å². The maximum Gasteiger partial charge on any atom is 0.312 e. The molecule has 154 valence electrons. The third-order valence-corrected chi connectivity index (χ3v) is 6.07. The highest BCUT2D eigenvalue weighted by Crippen LogP contribution is 2.41. The zero-order chi connectivity index (χ0) is 20.6. The summed E-state index contributed by atoms with van der Waals surface area (Å²) in [5.41, 5.74) is -1.50. The lowest BCUT2D eigenvalue weighted by Gasteiger charge is -2.36. The fraction of sp³-hybridized carbons (Fsp3) is 0.833. The Morgan fingerprint density at radius 3 is 2.48 bits per heavy atom. The molecule has 0 radical (unpaired) electrons. The molecule has 0 saturated carbocycles. The summed E-state index contributed by atoms with van der Waals surface area (Å²) in [6.45, 7) is 7.31. The first-order chi connectivity index (χ1) is 12.2. The largest absolute Gasteiger partial charge is 0.462 e. The number of rotatable bonds is 5. The number of carbonyl (C=O) groups is 3. The average molecular weight is 403 g/mol. The zero-order valence-electron chi connectivity index (χ0n) is 16.5. The van der Waals surface area contributed by atoms with Gasteiger partial charge < -0.3 is 9.47 Å². The van der Waals surface area contributed by atoms with Gasteiger partial charge in [-0.05, 0) is 40.0 Å². The summed E-state index contributed by atoms with van der Waals surface area (Å²) in [5, 5.41) is 0. The van der Waals surface area contributed by atoms with Crippen LogP contribution in [0.5, 0.6) is 0 Å². The van der Waals surface area contributed by atoms with Gasteiger partial charge >= 0.3 is 11.9 Å². The molecule has 8 nitrogen and oxygen atoms in total. The molecule has 2 aliphatic rings. The molecule has 2 bridgehead atoms. The Balaban J connectivity index is 2.19. The molecule has 2 rings (SSSR count). The van der Waals surface area contributed by atoms with Crippen molar-refractivity contribution in [3.05, 3.63) is 0 Å². The fourth-order valence-corrected chi connectivity index (χ4v) is 4.14. The van der Waals surface area contributed by atoms with E-state index in [1.54, 1.807) is 6.92 Å². The van der Waals surface area contributed by atoms with Crippen LogP contribution >= 0.6 is 0 Å². The van der Waals surface area contributed by atoms with Crippen molar-refractivity contribution in [2.24, 2.45) is 17.3 Å². The van der Waals surface area contributed by atoms with Crippen LogP contribution in [0.15, 0.2) is 0 Å². The van der Waals surface area contributed by atoms with Crippen molar-refractivity contribution in [1.82, 2.24) is 4.72 Å². The van der Waals surface area contributed by atoms with Crippen LogP contribution in [0, 0.1) is 17.3 Å². The van der Waals surface area contributed by atoms with Gasteiger partial charge in [-0.2, -0.15) is 0 Å². The number of amides is 1. The van der Waals surface area contributed by atoms with Crippen molar-refractivity contribution in [1.29, 1.82) is 0 Å². The van der Waals surface area contributed by atoms with Gasteiger partial charge in [-0.15, -0.1) is 0 Å². The molecule has 0 aliphatic carbocycles. The van der Waals surface area contributed by atoms with Crippen LogP contribution in [0.25, 0.3) is 0 Å². The summed E-state index contributed by atoms with van der Waals surface area (Å²) in [4.78, 5) is 37.2. The van der Waals surface area contributed by atoms with Gasteiger partial charge in [0.25, 0.3) is 0 Å². The Morgan fingerprint density at radius 1 is 1.30 bits per heavy atom. The monoisotopic (exact) mass is 403 g/mol. The molecule has 0 spiro atoms. The van der Waals surface area contributed by atoms with Gasteiger partial charge in [-0.25, -0.2) is 8.42 Å². The molecular weight excluding hydrogens is 374 g/mol. The number of ether oxygens (including phenoxy) is 2. The normalized spacial score (nSPS) is 31.4. The molecule has 1 N–H and O–H groups in total. The zero-order valence-corrected chi connectivity index (χ0v) is 17.4. The number of esters is 2. The second kappa shape index (κ2) is 7.41. The number of hydrogen-bond acceptors (Lipinski definition) is 7. The Hall–Kier alpha value is -1.64.